The van der Waals surface area contributed by atoms with E-state index in [1.807, 2.05) is 0 Å². The van der Waals surface area contributed by atoms with Crippen LogP contribution in [0.1, 0.15) is 57.6 Å². The maximum absolute atomic E-state index is 12.3. The number of aliphatic carboxylic acids is 1. The molecule has 1 saturated heterocycles. The number of carboxylic acids is 1. The number of anilines is 1. The van der Waals surface area contributed by atoms with Crippen LogP contribution in [0.2, 0.25) is 0 Å². The highest BCUT2D eigenvalue weighted by Gasteiger charge is 2.49. The van der Waals surface area contributed by atoms with E-state index in [1.54, 1.807) is 34.6 Å². The quantitative estimate of drug-likeness (QED) is 0.365. The monoisotopic (exact) mass is 555 g/mol. The molecule has 0 saturated carbocycles. The molecule has 35 heavy (non-hydrogen) atoms. The summed E-state index contributed by atoms with van der Waals surface area (Å²) in [5.41, 5.74) is 9.73. The van der Waals surface area contributed by atoms with Gasteiger partial charge in [-0.25, -0.2) is 9.97 Å². The summed E-state index contributed by atoms with van der Waals surface area (Å²) in [7, 11) is 0. The number of carbonyl (C=O) groups excluding carboxylic acids is 2. The zero-order chi connectivity index (χ0) is 26.5. The minimum atomic E-state index is -1.22. The lowest BCUT2D eigenvalue weighted by molar-refractivity contribution is -0.159. The number of carboxylic acid groups (broad SMARTS) is 1. The molecule has 0 radical (unpaired) electrons. The van der Waals surface area contributed by atoms with Crippen molar-refractivity contribution < 1.29 is 34.1 Å². The van der Waals surface area contributed by atoms with Crippen LogP contribution in [-0.2, 0) is 19.1 Å². The molecule has 12 nitrogen and oxygen atoms in total. The van der Waals surface area contributed by atoms with Gasteiger partial charge in [-0.3, -0.25) is 19.0 Å². The van der Waals surface area contributed by atoms with Crippen molar-refractivity contribution >= 4 is 39.6 Å². The summed E-state index contributed by atoms with van der Waals surface area (Å²) >= 11 is 3.21. The van der Waals surface area contributed by atoms with Gasteiger partial charge in [0.05, 0.1) is 28.1 Å². The fraction of sp³-hybridized carbons (Fsp3) is 0.591. The van der Waals surface area contributed by atoms with Crippen LogP contribution in [-0.4, -0.2) is 61.4 Å². The molecule has 0 aromatic heterocycles. The van der Waals surface area contributed by atoms with Crippen LogP contribution < -0.4 is 11.5 Å². The van der Waals surface area contributed by atoms with Crippen molar-refractivity contribution in [2.24, 2.45) is 22.5 Å². The zero-order valence-electron chi connectivity index (χ0n) is 20.1. The van der Waals surface area contributed by atoms with Crippen molar-refractivity contribution in [1.82, 2.24) is 14.5 Å². The van der Waals surface area contributed by atoms with Crippen molar-refractivity contribution in [3.63, 3.8) is 0 Å². The van der Waals surface area contributed by atoms with Crippen LogP contribution in [0, 0.1) is 16.7 Å². The Morgan fingerprint density at radius 3 is 2.43 bits per heavy atom. The number of nitrogens with zero attached hydrogens (tertiary/aromatic N) is 3. The highest BCUT2D eigenvalue weighted by atomic mass is 79.9. The first-order chi connectivity index (χ1) is 16.1. The number of amides is 1. The molecule has 3 rings (SSSR count). The van der Waals surface area contributed by atoms with Crippen LogP contribution in [0.15, 0.2) is 10.9 Å². The Kier molecular flexibility index (Phi) is 7.17. The molecule has 0 aliphatic carbocycles. The molecule has 0 spiro atoms. The van der Waals surface area contributed by atoms with E-state index in [2.05, 4.69) is 25.9 Å². The molecule has 0 aromatic carbocycles. The Morgan fingerprint density at radius 1 is 1.26 bits per heavy atom. The van der Waals surface area contributed by atoms with Crippen molar-refractivity contribution in [3.05, 3.63) is 16.5 Å². The molecule has 3 aliphatic rings. The molecule has 13 heteroatoms. The Labute approximate surface area is 210 Å². The van der Waals surface area contributed by atoms with E-state index in [1.165, 1.54) is 10.9 Å². The zero-order valence-corrected chi connectivity index (χ0v) is 21.7. The number of carbonyl (C=O) groups is 3. The summed E-state index contributed by atoms with van der Waals surface area (Å²) in [6.07, 6.45) is -1.79. The molecule has 192 valence electrons. The van der Waals surface area contributed by atoms with Crippen LogP contribution in [0.25, 0.3) is 11.4 Å². The first-order valence-corrected chi connectivity index (χ1v) is 11.7. The summed E-state index contributed by atoms with van der Waals surface area (Å²) in [4.78, 5) is 44.5. The molecule has 3 heterocycles. The van der Waals surface area contributed by atoms with Crippen molar-refractivity contribution in [3.8, 4) is 11.4 Å². The third-order valence-electron chi connectivity index (χ3n) is 6.07. The maximum Gasteiger partial charge on any atom is 0.311 e. The van der Waals surface area contributed by atoms with Gasteiger partial charge in [0.25, 0.3) is 5.91 Å². The summed E-state index contributed by atoms with van der Waals surface area (Å²) in [6, 6.07) is 0. The van der Waals surface area contributed by atoms with Gasteiger partial charge in [0.1, 0.15) is 35.3 Å². The lowest BCUT2D eigenvalue weighted by Gasteiger charge is -2.28. The fourth-order valence-electron chi connectivity index (χ4n) is 3.99. The number of hydrogen-bond acceptors (Lipinski definition) is 9. The number of hydrogen-bond donors (Lipinski definition) is 4. The molecule has 0 unspecified atom stereocenters. The van der Waals surface area contributed by atoms with Crippen molar-refractivity contribution in [2.45, 2.75) is 59.5 Å². The SMILES string of the molecule is CC(C)(C)C(=O)OC[C@H]1O[C@H](n2cnc(N)c3c(C(N)=O)c(Br)nc2-3)[C@@H](O)[C@@H]1CC(C)(C)C(=O)O. The van der Waals surface area contributed by atoms with E-state index in [4.69, 9.17) is 20.9 Å². The minimum absolute atomic E-state index is 0.00922. The number of halogens is 1. The van der Waals surface area contributed by atoms with E-state index in [-0.39, 0.29) is 40.4 Å². The number of primary amides is 1. The van der Waals surface area contributed by atoms with Gasteiger partial charge in [0, 0.05) is 5.92 Å². The first kappa shape index (κ1) is 26.8. The summed E-state index contributed by atoms with van der Waals surface area (Å²) in [6.45, 7) is 8.00. The number of rotatable bonds is 7. The predicted octanol–water partition coefficient (Wildman–Crippen LogP) is 1.79. The van der Waals surface area contributed by atoms with Gasteiger partial charge < -0.3 is 31.2 Å². The molecule has 1 fully saturated rings. The lowest BCUT2D eigenvalue weighted by Crippen LogP contribution is -2.37. The third-order valence-corrected chi connectivity index (χ3v) is 6.64. The minimum Gasteiger partial charge on any atom is -0.481 e. The van der Waals surface area contributed by atoms with E-state index in [9.17, 15) is 24.6 Å². The Bertz CT molecular complexity index is 1130. The number of fused-ring (bicyclic) bond motifs is 1. The van der Waals surface area contributed by atoms with Crippen molar-refractivity contribution in [2.75, 3.05) is 12.3 Å². The van der Waals surface area contributed by atoms with E-state index in [0.29, 0.717) is 0 Å². The first-order valence-electron chi connectivity index (χ1n) is 10.9. The van der Waals surface area contributed by atoms with E-state index in [0.717, 1.165) is 0 Å². The van der Waals surface area contributed by atoms with Gasteiger partial charge in [0.2, 0.25) is 0 Å². The number of esters is 1. The number of aromatic nitrogens is 3. The molecule has 0 bridgehead atoms. The second-order valence-corrected chi connectivity index (χ2v) is 11.1. The van der Waals surface area contributed by atoms with Crippen LogP contribution in [0.5, 0.6) is 0 Å². The van der Waals surface area contributed by atoms with Gasteiger partial charge in [-0.1, -0.05) is 0 Å². The Hall–Kier alpha value is -2.77. The summed E-state index contributed by atoms with van der Waals surface area (Å²) in [5, 5.41) is 20.9. The smallest absolute Gasteiger partial charge is 0.311 e. The van der Waals surface area contributed by atoms with E-state index >= 15 is 0 Å². The van der Waals surface area contributed by atoms with Crippen LogP contribution in [0.4, 0.5) is 5.82 Å². The number of ether oxygens (including phenoxy) is 2. The van der Waals surface area contributed by atoms with E-state index < -0.39 is 53.0 Å². The normalized spacial score (nSPS) is 22.9. The number of aliphatic hydroxyl groups excluding tert-OH is 1. The summed E-state index contributed by atoms with van der Waals surface area (Å²) in [5.74, 6) is -2.80. The maximum atomic E-state index is 12.3. The van der Waals surface area contributed by atoms with Gasteiger partial charge >= 0.3 is 11.9 Å². The Balaban J connectivity index is 2.01. The van der Waals surface area contributed by atoms with Gasteiger partial charge in [-0.05, 0) is 57.0 Å². The van der Waals surface area contributed by atoms with Crippen LogP contribution in [0.3, 0.4) is 0 Å². The number of nitrogens with two attached hydrogens (primary N) is 2. The second-order valence-electron chi connectivity index (χ2n) is 10.3. The summed E-state index contributed by atoms with van der Waals surface area (Å²) < 4.78 is 13.1. The fourth-order valence-corrected chi connectivity index (χ4v) is 4.55. The third kappa shape index (κ3) is 5.11. The lowest BCUT2D eigenvalue weighted by atomic mass is 9.79. The number of nitrogen functional groups attached to an aromatic ring is 1. The largest absolute Gasteiger partial charge is 0.481 e. The van der Waals surface area contributed by atoms with Gasteiger partial charge in [-0.2, -0.15) is 0 Å². The Morgan fingerprint density at radius 2 is 1.89 bits per heavy atom. The molecule has 3 aliphatic heterocycles. The highest BCUT2D eigenvalue weighted by molar-refractivity contribution is 9.10. The molecule has 0 aromatic rings. The molecule has 4 atom stereocenters. The molecular weight excluding hydrogens is 526 g/mol. The average Bonchev–Trinajstić information content (AvgIpc) is 3.23. The molecule has 1 amide bonds. The van der Waals surface area contributed by atoms with Crippen LogP contribution >= 0.6 is 15.9 Å². The highest BCUT2D eigenvalue weighted by Crippen LogP contribution is 2.44. The second kappa shape index (κ2) is 9.36. The predicted molar refractivity (Wildman–Crippen MR) is 127 cm³/mol. The standard InChI is InChI=1S/C22H30BrN5O7/c1-21(2,3)20(33)34-7-10-9(6-22(4,5)19(31)32)13(29)18(35-10)28-8-26-15(24)12-11(16(25)30)14(23)27-17(12)28/h8-10,13,18,29H,6-7,24H2,1-5H3,(H2,25,30)(H,31,32)/t9-,10-,13+,18+/m1/s1. The van der Waals surface area contributed by atoms with Gasteiger partial charge in [0.15, 0.2) is 6.23 Å². The topological polar surface area (TPSA) is 193 Å². The number of aliphatic hydroxyl groups is 1. The molecular formula is C22H30BrN5O7. The average molecular weight is 556 g/mol. The molecule has 6 N–H and O–H groups in total. The van der Waals surface area contributed by atoms with Gasteiger partial charge in [-0.15, -0.1) is 0 Å². The van der Waals surface area contributed by atoms with Crippen molar-refractivity contribution in [1.29, 1.82) is 0 Å².